The fraction of sp³-hybridized carbons (Fsp3) is 0.412. The third-order valence-electron chi connectivity index (χ3n) is 3.56. The van der Waals surface area contributed by atoms with E-state index >= 15 is 0 Å². The fourth-order valence-electron chi connectivity index (χ4n) is 2.46. The molecule has 0 spiro atoms. The number of hydrogen-bond donors (Lipinski definition) is 2. The number of nitrogens with one attached hydrogen (secondary N) is 2. The van der Waals surface area contributed by atoms with E-state index in [1.54, 1.807) is 6.33 Å². The van der Waals surface area contributed by atoms with E-state index in [9.17, 15) is 0 Å². The van der Waals surface area contributed by atoms with Crippen molar-refractivity contribution in [1.29, 1.82) is 0 Å². The number of rotatable bonds is 7. The van der Waals surface area contributed by atoms with Gasteiger partial charge in [-0.2, -0.15) is 0 Å². The van der Waals surface area contributed by atoms with Crippen molar-refractivity contribution in [2.45, 2.75) is 39.7 Å². The Morgan fingerprint density at radius 1 is 1.00 bits per heavy atom. The summed E-state index contributed by atoms with van der Waals surface area (Å²) in [6.45, 7) is 7.25. The van der Waals surface area contributed by atoms with Crippen LogP contribution >= 0.6 is 0 Å². The van der Waals surface area contributed by atoms with Gasteiger partial charge in [-0.15, -0.1) is 0 Å². The Morgan fingerprint density at radius 3 is 2.33 bits per heavy atom. The van der Waals surface area contributed by atoms with Gasteiger partial charge in [-0.1, -0.05) is 44.2 Å². The van der Waals surface area contributed by atoms with Crippen LogP contribution in [0, 0.1) is 0 Å². The maximum Gasteiger partial charge on any atom is 0.135 e. The molecule has 112 valence electrons. The molecule has 1 atom stereocenters. The highest BCUT2D eigenvalue weighted by Gasteiger charge is 2.14. The highest BCUT2D eigenvalue weighted by molar-refractivity contribution is 5.58. The van der Waals surface area contributed by atoms with Gasteiger partial charge < -0.3 is 10.6 Å². The minimum atomic E-state index is 0.265. The van der Waals surface area contributed by atoms with E-state index in [2.05, 4.69) is 65.6 Å². The third kappa shape index (κ3) is 3.72. The van der Waals surface area contributed by atoms with Gasteiger partial charge in [0.1, 0.15) is 18.0 Å². The molecule has 0 aliphatic carbocycles. The summed E-state index contributed by atoms with van der Waals surface area (Å²) in [6, 6.07) is 10.8. The van der Waals surface area contributed by atoms with Crippen LogP contribution in [0.3, 0.4) is 0 Å². The number of benzene rings is 1. The van der Waals surface area contributed by atoms with Crippen LogP contribution in [-0.2, 0) is 6.42 Å². The van der Waals surface area contributed by atoms with Crippen molar-refractivity contribution >= 4 is 11.6 Å². The predicted octanol–water partition coefficient (Wildman–Crippen LogP) is 4.03. The van der Waals surface area contributed by atoms with Crippen molar-refractivity contribution in [3.8, 4) is 0 Å². The lowest BCUT2D eigenvalue weighted by molar-refractivity contribution is 0.741. The first-order chi connectivity index (χ1) is 10.3. The molecule has 1 aromatic heterocycles. The summed E-state index contributed by atoms with van der Waals surface area (Å²) in [5, 5.41) is 6.88. The van der Waals surface area contributed by atoms with Crippen LogP contribution in [0.15, 0.2) is 36.7 Å². The lowest BCUT2D eigenvalue weighted by Crippen LogP contribution is -2.14. The quantitative estimate of drug-likeness (QED) is 0.806. The Labute approximate surface area is 127 Å². The summed E-state index contributed by atoms with van der Waals surface area (Å²) < 4.78 is 0. The highest BCUT2D eigenvalue weighted by atomic mass is 15.1. The van der Waals surface area contributed by atoms with E-state index in [-0.39, 0.29) is 6.04 Å². The smallest absolute Gasteiger partial charge is 0.135 e. The zero-order valence-electron chi connectivity index (χ0n) is 13.1. The summed E-state index contributed by atoms with van der Waals surface area (Å²) in [5.41, 5.74) is 2.43. The Kier molecular flexibility index (Phi) is 5.55. The van der Waals surface area contributed by atoms with Crippen molar-refractivity contribution in [2.75, 3.05) is 17.2 Å². The molecule has 0 radical (unpaired) electrons. The van der Waals surface area contributed by atoms with Crippen LogP contribution in [-0.4, -0.2) is 16.5 Å². The summed E-state index contributed by atoms with van der Waals surface area (Å²) in [7, 11) is 0. The van der Waals surface area contributed by atoms with Gasteiger partial charge in [0.15, 0.2) is 0 Å². The second-order valence-corrected chi connectivity index (χ2v) is 4.95. The predicted molar refractivity (Wildman–Crippen MR) is 88.7 cm³/mol. The average molecular weight is 284 g/mol. The van der Waals surface area contributed by atoms with Gasteiger partial charge in [-0.05, 0) is 25.3 Å². The molecule has 0 saturated heterocycles. The lowest BCUT2D eigenvalue weighted by Gasteiger charge is -2.21. The Balaban J connectivity index is 2.27. The van der Waals surface area contributed by atoms with Crippen LogP contribution in [0.4, 0.5) is 11.6 Å². The topological polar surface area (TPSA) is 49.8 Å². The molecular weight excluding hydrogens is 260 g/mol. The SMILES string of the molecule is CCNc1ncnc(NC(CC)c2ccccc2)c1CC. The fourth-order valence-corrected chi connectivity index (χ4v) is 2.46. The monoisotopic (exact) mass is 284 g/mol. The van der Waals surface area contributed by atoms with Gasteiger partial charge in [0, 0.05) is 12.1 Å². The van der Waals surface area contributed by atoms with Gasteiger partial charge in [-0.3, -0.25) is 0 Å². The number of nitrogens with zero attached hydrogens (tertiary/aromatic N) is 2. The summed E-state index contributed by atoms with van der Waals surface area (Å²) >= 11 is 0. The molecule has 0 aliphatic heterocycles. The summed E-state index contributed by atoms with van der Waals surface area (Å²) in [4.78, 5) is 8.79. The maximum absolute atomic E-state index is 4.44. The van der Waals surface area contributed by atoms with E-state index in [0.29, 0.717) is 0 Å². The summed E-state index contributed by atoms with van der Waals surface area (Å²) in [5.74, 6) is 1.86. The molecule has 21 heavy (non-hydrogen) atoms. The first-order valence-electron chi connectivity index (χ1n) is 7.69. The van der Waals surface area contributed by atoms with E-state index in [4.69, 9.17) is 0 Å². The maximum atomic E-state index is 4.44. The van der Waals surface area contributed by atoms with Crippen LogP contribution in [0.2, 0.25) is 0 Å². The zero-order chi connectivity index (χ0) is 15.1. The van der Waals surface area contributed by atoms with E-state index < -0.39 is 0 Å². The van der Waals surface area contributed by atoms with Crippen molar-refractivity contribution in [3.05, 3.63) is 47.8 Å². The second-order valence-electron chi connectivity index (χ2n) is 4.95. The van der Waals surface area contributed by atoms with Gasteiger partial charge in [-0.25, -0.2) is 9.97 Å². The molecule has 4 nitrogen and oxygen atoms in total. The standard InChI is InChI=1S/C17H24N4/c1-4-14-16(18-6-3)19-12-20-17(14)21-15(5-2)13-10-8-7-9-11-13/h7-12,15H,4-6H2,1-3H3,(H2,18,19,20,21). The third-order valence-corrected chi connectivity index (χ3v) is 3.56. The largest absolute Gasteiger partial charge is 0.370 e. The minimum Gasteiger partial charge on any atom is -0.370 e. The van der Waals surface area contributed by atoms with Crippen molar-refractivity contribution in [1.82, 2.24) is 9.97 Å². The van der Waals surface area contributed by atoms with Gasteiger partial charge in [0.05, 0.1) is 6.04 Å². The number of aromatic nitrogens is 2. The summed E-state index contributed by atoms with van der Waals surface area (Å²) in [6.07, 6.45) is 3.53. The number of hydrogen-bond acceptors (Lipinski definition) is 4. The molecule has 1 heterocycles. The molecule has 0 fully saturated rings. The van der Waals surface area contributed by atoms with Gasteiger partial charge in [0.2, 0.25) is 0 Å². The molecular formula is C17H24N4. The van der Waals surface area contributed by atoms with E-state index in [1.807, 2.05) is 6.07 Å². The number of anilines is 2. The van der Waals surface area contributed by atoms with Crippen LogP contribution in [0.25, 0.3) is 0 Å². The first kappa shape index (κ1) is 15.3. The van der Waals surface area contributed by atoms with E-state index in [1.165, 1.54) is 5.56 Å². The van der Waals surface area contributed by atoms with Crippen LogP contribution in [0.5, 0.6) is 0 Å². The first-order valence-corrected chi connectivity index (χ1v) is 7.69. The molecule has 0 saturated carbocycles. The molecule has 0 bridgehead atoms. The van der Waals surface area contributed by atoms with Crippen molar-refractivity contribution in [3.63, 3.8) is 0 Å². The van der Waals surface area contributed by atoms with Crippen molar-refractivity contribution < 1.29 is 0 Å². The van der Waals surface area contributed by atoms with E-state index in [0.717, 1.165) is 36.6 Å². The molecule has 2 N–H and O–H groups in total. The van der Waals surface area contributed by atoms with Gasteiger partial charge >= 0.3 is 0 Å². The molecule has 1 unspecified atom stereocenters. The molecule has 4 heteroatoms. The molecule has 0 amide bonds. The van der Waals surface area contributed by atoms with Crippen molar-refractivity contribution in [2.24, 2.45) is 0 Å². The highest BCUT2D eigenvalue weighted by Crippen LogP contribution is 2.26. The molecule has 0 aliphatic rings. The van der Waals surface area contributed by atoms with Crippen LogP contribution < -0.4 is 10.6 Å². The Hall–Kier alpha value is -2.10. The molecule has 1 aromatic carbocycles. The minimum absolute atomic E-state index is 0.265. The lowest BCUT2D eigenvalue weighted by atomic mass is 10.0. The van der Waals surface area contributed by atoms with Crippen LogP contribution in [0.1, 0.15) is 44.4 Å². The second kappa shape index (κ2) is 7.62. The van der Waals surface area contributed by atoms with Gasteiger partial charge in [0.25, 0.3) is 0 Å². The Morgan fingerprint density at radius 2 is 1.71 bits per heavy atom. The molecule has 2 rings (SSSR count). The zero-order valence-corrected chi connectivity index (χ0v) is 13.1. The average Bonchev–Trinajstić information content (AvgIpc) is 2.54. The Bertz CT molecular complexity index is 554. The molecule has 2 aromatic rings. The normalized spacial score (nSPS) is 12.0.